The van der Waals surface area contributed by atoms with E-state index in [-0.39, 0.29) is 11.4 Å². The van der Waals surface area contributed by atoms with E-state index in [0.29, 0.717) is 16.6 Å². The van der Waals surface area contributed by atoms with Crippen LogP contribution in [0.15, 0.2) is 41.9 Å². The third-order valence-corrected chi connectivity index (χ3v) is 5.45. The van der Waals surface area contributed by atoms with Crippen molar-refractivity contribution in [2.45, 2.75) is 31.2 Å². The number of fused-ring (bicyclic) bond motifs is 1. The lowest BCUT2D eigenvalue weighted by atomic mass is 10.1. The van der Waals surface area contributed by atoms with Crippen LogP contribution in [0.4, 0.5) is 5.69 Å². The smallest absolute Gasteiger partial charge is 0.245 e. The molecule has 0 aliphatic heterocycles. The van der Waals surface area contributed by atoms with Crippen LogP contribution < -0.4 is 5.73 Å². The van der Waals surface area contributed by atoms with E-state index in [1.807, 2.05) is 20.8 Å². The summed E-state index contributed by atoms with van der Waals surface area (Å²) in [6, 6.07) is 5.15. The van der Waals surface area contributed by atoms with Gasteiger partial charge in [0.2, 0.25) is 10.0 Å². The first kappa shape index (κ1) is 15.6. The molecule has 114 valence electrons. The molecule has 1 aromatic carbocycles. The fourth-order valence-corrected chi connectivity index (χ4v) is 4.22. The molecule has 3 N–H and O–H groups in total. The predicted octanol–water partition coefficient (Wildman–Crippen LogP) is 2.73. The van der Waals surface area contributed by atoms with Crippen LogP contribution in [0.2, 0.25) is 0 Å². The van der Waals surface area contributed by atoms with Crippen LogP contribution >= 0.6 is 0 Å². The zero-order valence-corrected chi connectivity index (χ0v) is 13.4. The van der Waals surface area contributed by atoms with Gasteiger partial charge >= 0.3 is 0 Å². The van der Waals surface area contributed by atoms with Crippen LogP contribution in [0.5, 0.6) is 0 Å². The summed E-state index contributed by atoms with van der Waals surface area (Å²) in [5.74, 6) is 0. The third-order valence-electron chi connectivity index (χ3n) is 3.28. The Balaban J connectivity index is 2.62. The van der Waals surface area contributed by atoms with Crippen molar-refractivity contribution >= 4 is 26.6 Å². The highest BCUT2D eigenvalue weighted by atomic mass is 32.2. The highest BCUT2D eigenvalue weighted by Gasteiger charge is 2.34. The number of hydrogen-bond acceptors (Lipinski definition) is 3. The number of hydrogen-bond donors (Lipinski definition) is 2. The Morgan fingerprint density at radius 2 is 2.05 bits per heavy atom. The van der Waals surface area contributed by atoms with E-state index in [1.165, 1.54) is 10.5 Å². The molecule has 0 aliphatic carbocycles. The normalized spacial score (nSPS) is 13.0. The van der Waals surface area contributed by atoms with Gasteiger partial charge in [-0.1, -0.05) is 6.08 Å². The first-order chi connectivity index (χ1) is 9.67. The molecule has 2 aromatic rings. The Bertz CT molecular complexity index is 770. The van der Waals surface area contributed by atoms with E-state index in [4.69, 9.17) is 5.73 Å². The molecule has 0 fully saturated rings. The standard InChI is InChI=1S/C15H21N3O2S/c1-5-8-18(15(2,3)4)21(19,20)14-10-17-13-9-11(16)6-7-12(13)14/h5-7,9-10,17H,1,8,16H2,2-4H3. The SMILES string of the molecule is C=CCN(C(C)(C)C)S(=O)(=O)c1c[nH]c2cc(N)ccc12. The highest BCUT2D eigenvalue weighted by molar-refractivity contribution is 7.89. The summed E-state index contributed by atoms with van der Waals surface area (Å²) in [6.45, 7) is 9.50. The molecule has 0 aliphatic rings. The fourth-order valence-electron chi connectivity index (χ4n) is 2.30. The molecular formula is C15H21N3O2S. The summed E-state index contributed by atoms with van der Waals surface area (Å²) in [4.78, 5) is 3.23. The third kappa shape index (κ3) is 2.82. The van der Waals surface area contributed by atoms with E-state index in [0.717, 1.165) is 0 Å². The molecule has 0 spiro atoms. The van der Waals surface area contributed by atoms with Crippen LogP contribution in [0.1, 0.15) is 20.8 Å². The number of nitrogens with two attached hydrogens (primary N) is 1. The van der Waals surface area contributed by atoms with Gasteiger partial charge in [-0.15, -0.1) is 6.58 Å². The van der Waals surface area contributed by atoms with Crippen molar-refractivity contribution in [2.24, 2.45) is 0 Å². The van der Waals surface area contributed by atoms with Crippen LogP contribution in [0, 0.1) is 0 Å². The number of nitrogens with zero attached hydrogens (tertiary/aromatic N) is 1. The predicted molar refractivity (Wildman–Crippen MR) is 86.6 cm³/mol. The molecule has 1 aromatic heterocycles. The quantitative estimate of drug-likeness (QED) is 0.673. The molecule has 0 saturated carbocycles. The van der Waals surface area contributed by atoms with Gasteiger partial charge in [0.1, 0.15) is 4.90 Å². The molecule has 0 bridgehead atoms. The summed E-state index contributed by atoms with van der Waals surface area (Å²) in [6.07, 6.45) is 3.11. The Hall–Kier alpha value is -1.79. The molecule has 0 saturated heterocycles. The number of aromatic amines is 1. The number of H-pyrrole nitrogens is 1. The van der Waals surface area contributed by atoms with Gasteiger partial charge < -0.3 is 10.7 Å². The van der Waals surface area contributed by atoms with Crippen molar-refractivity contribution < 1.29 is 8.42 Å². The van der Waals surface area contributed by atoms with Crippen molar-refractivity contribution in [3.05, 3.63) is 37.1 Å². The minimum atomic E-state index is -3.63. The Labute approximate surface area is 125 Å². The molecule has 2 rings (SSSR count). The Morgan fingerprint density at radius 1 is 1.38 bits per heavy atom. The van der Waals surface area contributed by atoms with Crippen LogP contribution in [-0.2, 0) is 10.0 Å². The minimum absolute atomic E-state index is 0.257. The fraction of sp³-hybridized carbons (Fsp3) is 0.333. The number of benzene rings is 1. The second-order valence-corrected chi connectivity index (χ2v) is 7.78. The molecule has 0 unspecified atom stereocenters. The van der Waals surface area contributed by atoms with E-state index in [2.05, 4.69) is 11.6 Å². The molecule has 5 nitrogen and oxygen atoms in total. The maximum absolute atomic E-state index is 13.0. The largest absolute Gasteiger partial charge is 0.399 e. The summed E-state index contributed by atoms with van der Waals surface area (Å²) >= 11 is 0. The maximum Gasteiger partial charge on any atom is 0.245 e. The second kappa shape index (κ2) is 5.20. The number of rotatable bonds is 4. The average molecular weight is 307 g/mol. The summed E-state index contributed by atoms with van der Waals surface area (Å²) < 4.78 is 27.3. The van der Waals surface area contributed by atoms with Crippen molar-refractivity contribution in [2.75, 3.05) is 12.3 Å². The number of sulfonamides is 1. The van der Waals surface area contributed by atoms with Crippen LogP contribution in [0.25, 0.3) is 10.9 Å². The van der Waals surface area contributed by atoms with Gasteiger partial charge in [-0.05, 0) is 39.0 Å². The molecular weight excluding hydrogens is 286 g/mol. The topological polar surface area (TPSA) is 79.2 Å². The summed E-state index contributed by atoms with van der Waals surface area (Å²) in [5, 5.41) is 0.641. The number of aromatic nitrogens is 1. The van der Waals surface area contributed by atoms with Crippen molar-refractivity contribution in [1.29, 1.82) is 0 Å². The van der Waals surface area contributed by atoms with E-state index >= 15 is 0 Å². The number of nitrogen functional groups attached to an aromatic ring is 1. The van der Waals surface area contributed by atoms with Crippen LogP contribution in [0.3, 0.4) is 0 Å². The second-order valence-electron chi connectivity index (χ2n) is 5.95. The summed E-state index contributed by atoms with van der Waals surface area (Å²) in [7, 11) is -3.63. The highest BCUT2D eigenvalue weighted by Crippen LogP contribution is 2.30. The van der Waals surface area contributed by atoms with Crippen molar-refractivity contribution in [3.63, 3.8) is 0 Å². The van der Waals surface area contributed by atoms with Crippen molar-refractivity contribution in [3.8, 4) is 0 Å². The lowest BCUT2D eigenvalue weighted by molar-refractivity contribution is 0.270. The molecule has 21 heavy (non-hydrogen) atoms. The van der Waals surface area contributed by atoms with E-state index < -0.39 is 15.6 Å². The van der Waals surface area contributed by atoms with Gasteiger partial charge in [-0.3, -0.25) is 0 Å². The lowest BCUT2D eigenvalue weighted by Gasteiger charge is -2.33. The van der Waals surface area contributed by atoms with Crippen molar-refractivity contribution in [1.82, 2.24) is 9.29 Å². The monoisotopic (exact) mass is 307 g/mol. The first-order valence-electron chi connectivity index (χ1n) is 6.68. The minimum Gasteiger partial charge on any atom is -0.399 e. The first-order valence-corrected chi connectivity index (χ1v) is 8.12. The van der Waals surface area contributed by atoms with Gasteiger partial charge in [-0.2, -0.15) is 4.31 Å². The summed E-state index contributed by atoms with van der Waals surface area (Å²) in [5.41, 5.74) is 6.49. The van der Waals surface area contributed by atoms with Gasteiger partial charge in [0.05, 0.1) is 0 Å². The van der Waals surface area contributed by atoms with E-state index in [1.54, 1.807) is 24.3 Å². The molecule has 1 heterocycles. The zero-order valence-electron chi connectivity index (χ0n) is 12.6. The molecule has 0 radical (unpaired) electrons. The van der Waals surface area contributed by atoms with Gasteiger partial charge in [-0.25, -0.2) is 8.42 Å². The van der Waals surface area contributed by atoms with Gasteiger partial charge in [0, 0.05) is 34.9 Å². The lowest BCUT2D eigenvalue weighted by Crippen LogP contribution is -2.45. The zero-order chi connectivity index (χ0) is 15.8. The Kier molecular flexibility index (Phi) is 3.86. The average Bonchev–Trinajstić information content (AvgIpc) is 2.77. The number of anilines is 1. The van der Waals surface area contributed by atoms with E-state index in [9.17, 15) is 8.42 Å². The van der Waals surface area contributed by atoms with Gasteiger partial charge in [0.15, 0.2) is 0 Å². The van der Waals surface area contributed by atoms with Gasteiger partial charge in [0.25, 0.3) is 0 Å². The molecule has 6 heteroatoms. The maximum atomic E-state index is 13.0. The van der Waals surface area contributed by atoms with Crippen LogP contribution in [-0.4, -0.2) is 29.8 Å². The molecule has 0 amide bonds. The Morgan fingerprint density at radius 3 is 2.62 bits per heavy atom. The number of nitrogens with one attached hydrogen (secondary N) is 1. The molecule has 0 atom stereocenters.